The van der Waals surface area contributed by atoms with Crippen LogP contribution in [-0.2, 0) is 0 Å². The van der Waals surface area contributed by atoms with Crippen LogP contribution < -0.4 is 5.32 Å². The number of benzene rings is 2. The lowest BCUT2D eigenvalue weighted by molar-refractivity contribution is -0.385. The van der Waals surface area contributed by atoms with E-state index in [-0.39, 0.29) is 17.3 Å². The van der Waals surface area contributed by atoms with Gasteiger partial charge in [0.2, 0.25) is 0 Å². The van der Waals surface area contributed by atoms with Gasteiger partial charge in [-0.05, 0) is 25.5 Å². The van der Waals surface area contributed by atoms with Gasteiger partial charge in [0.1, 0.15) is 4.88 Å². The Bertz CT molecular complexity index is 1370. The van der Waals surface area contributed by atoms with Crippen molar-refractivity contribution in [3.63, 3.8) is 0 Å². The molecule has 0 spiro atoms. The maximum atomic E-state index is 12.8. The van der Waals surface area contributed by atoms with Gasteiger partial charge in [-0.1, -0.05) is 23.5 Å². The second-order valence-electron chi connectivity index (χ2n) is 6.81. The van der Waals surface area contributed by atoms with Crippen molar-refractivity contribution in [1.82, 2.24) is 9.38 Å². The van der Waals surface area contributed by atoms with Crippen molar-refractivity contribution < 1.29 is 14.6 Å². The van der Waals surface area contributed by atoms with Crippen LogP contribution in [0.4, 0.5) is 17.1 Å². The van der Waals surface area contributed by atoms with Gasteiger partial charge in [0.05, 0.1) is 15.5 Å². The molecule has 0 fully saturated rings. The normalized spacial score (nSPS) is 10.9. The van der Waals surface area contributed by atoms with Crippen molar-refractivity contribution in [2.75, 3.05) is 5.32 Å². The lowest BCUT2D eigenvalue weighted by atomic mass is 10.1. The summed E-state index contributed by atoms with van der Waals surface area (Å²) in [6.07, 6.45) is 1.73. The number of amides is 1. The van der Waals surface area contributed by atoms with E-state index >= 15 is 0 Å². The van der Waals surface area contributed by atoms with Crippen LogP contribution in [0.3, 0.4) is 0 Å². The van der Waals surface area contributed by atoms with Gasteiger partial charge in [0.15, 0.2) is 4.96 Å². The number of carbonyl (C=O) groups is 1. The Kier molecular flexibility index (Phi) is 4.95. The van der Waals surface area contributed by atoms with Gasteiger partial charge in [-0.15, -0.1) is 0 Å². The molecule has 0 aliphatic rings. The molecule has 1 N–H and O–H groups in total. The first-order chi connectivity index (χ1) is 14.7. The van der Waals surface area contributed by atoms with Gasteiger partial charge < -0.3 is 5.32 Å². The Morgan fingerprint density at radius 2 is 1.77 bits per heavy atom. The molecule has 31 heavy (non-hydrogen) atoms. The van der Waals surface area contributed by atoms with Crippen LogP contribution in [0.1, 0.15) is 20.9 Å². The number of aryl methyl sites for hydroxylation is 2. The molecule has 2 aromatic carbocycles. The summed E-state index contributed by atoms with van der Waals surface area (Å²) < 4.78 is 1.76. The predicted molar refractivity (Wildman–Crippen MR) is 116 cm³/mol. The Balaban J connectivity index is 1.62. The first-order valence-corrected chi connectivity index (χ1v) is 9.86. The molecule has 0 atom stereocenters. The Morgan fingerprint density at radius 1 is 1.06 bits per heavy atom. The predicted octanol–water partition coefficient (Wildman–Crippen LogP) is 4.75. The van der Waals surface area contributed by atoms with Crippen LogP contribution in [0, 0.1) is 34.1 Å². The topological polar surface area (TPSA) is 133 Å². The van der Waals surface area contributed by atoms with E-state index < -0.39 is 9.85 Å². The van der Waals surface area contributed by atoms with Gasteiger partial charge >= 0.3 is 0 Å². The molecule has 0 bridgehead atoms. The van der Waals surface area contributed by atoms with Crippen molar-refractivity contribution in [3.8, 4) is 11.3 Å². The number of hydrogen-bond donors (Lipinski definition) is 1. The fourth-order valence-electron chi connectivity index (χ4n) is 3.16. The van der Waals surface area contributed by atoms with Crippen LogP contribution in [0.2, 0.25) is 0 Å². The average Bonchev–Trinajstić information content (AvgIpc) is 3.29. The van der Waals surface area contributed by atoms with Gasteiger partial charge in [-0.3, -0.25) is 29.4 Å². The standard InChI is InChI=1S/C20H15N5O5S/c1-11-8-15(25(29)30)6-7-16(11)21-19(26)18-12(2)23-10-17(22-20(23)31-18)13-4-3-5-14(9-13)24(27)28/h3-10H,1-2H3,(H,21,26). The van der Waals surface area contributed by atoms with E-state index in [0.29, 0.717) is 38.0 Å². The number of thiazole rings is 1. The van der Waals surface area contributed by atoms with Crippen LogP contribution in [-0.4, -0.2) is 25.1 Å². The van der Waals surface area contributed by atoms with Gasteiger partial charge in [0, 0.05) is 47.4 Å². The van der Waals surface area contributed by atoms with Crippen molar-refractivity contribution in [2.24, 2.45) is 0 Å². The van der Waals surface area contributed by atoms with E-state index in [2.05, 4.69) is 10.3 Å². The Hall–Kier alpha value is -4.12. The summed E-state index contributed by atoms with van der Waals surface area (Å²) >= 11 is 1.19. The minimum Gasteiger partial charge on any atom is -0.321 e. The SMILES string of the molecule is Cc1cc([N+](=O)[O-])ccc1NC(=O)c1sc2nc(-c3cccc([N+](=O)[O-])c3)cn2c1C. The molecule has 156 valence electrons. The number of rotatable bonds is 5. The molecule has 0 unspecified atom stereocenters. The highest BCUT2D eigenvalue weighted by Gasteiger charge is 2.20. The summed E-state index contributed by atoms with van der Waals surface area (Å²) in [5.74, 6) is -0.346. The number of nitro benzene ring substituents is 2. The highest BCUT2D eigenvalue weighted by Crippen LogP contribution is 2.30. The molecule has 2 heterocycles. The third kappa shape index (κ3) is 3.73. The fourth-order valence-corrected chi connectivity index (χ4v) is 4.16. The first kappa shape index (κ1) is 20.2. The van der Waals surface area contributed by atoms with E-state index in [9.17, 15) is 25.0 Å². The summed E-state index contributed by atoms with van der Waals surface area (Å²) in [5.41, 5.74) is 2.83. The molecule has 4 aromatic rings. The summed E-state index contributed by atoms with van der Waals surface area (Å²) in [6.45, 7) is 3.46. The molecule has 0 saturated heterocycles. The van der Waals surface area contributed by atoms with Crippen molar-refractivity contribution in [3.05, 3.63) is 85.0 Å². The molecule has 1 amide bonds. The number of aromatic nitrogens is 2. The maximum absolute atomic E-state index is 12.8. The molecule has 0 radical (unpaired) electrons. The number of hydrogen-bond acceptors (Lipinski definition) is 7. The molecule has 11 heteroatoms. The second-order valence-corrected chi connectivity index (χ2v) is 7.79. The Morgan fingerprint density at radius 3 is 2.42 bits per heavy atom. The van der Waals surface area contributed by atoms with Crippen molar-refractivity contribution in [2.45, 2.75) is 13.8 Å². The molecule has 10 nitrogen and oxygen atoms in total. The van der Waals surface area contributed by atoms with E-state index in [1.165, 1.54) is 41.7 Å². The zero-order valence-electron chi connectivity index (χ0n) is 16.4. The maximum Gasteiger partial charge on any atom is 0.270 e. The molecule has 2 aromatic heterocycles. The molecular formula is C20H15N5O5S. The first-order valence-electron chi connectivity index (χ1n) is 9.04. The number of fused-ring (bicyclic) bond motifs is 1. The van der Waals surface area contributed by atoms with Crippen molar-refractivity contribution >= 4 is 39.3 Å². The van der Waals surface area contributed by atoms with Crippen LogP contribution in [0.15, 0.2) is 48.7 Å². The van der Waals surface area contributed by atoms with Crippen LogP contribution in [0.25, 0.3) is 16.2 Å². The number of nitrogens with zero attached hydrogens (tertiary/aromatic N) is 4. The summed E-state index contributed by atoms with van der Waals surface area (Å²) in [7, 11) is 0. The third-order valence-electron chi connectivity index (χ3n) is 4.78. The van der Waals surface area contributed by atoms with Gasteiger partial charge in [0.25, 0.3) is 17.3 Å². The highest BCUT2D eigenvalue weighted by molar-refractivity contribution is 7.19. The van der Waals surface area contributed by atoms with Crippen LogP contribution >= 0.6 is 11.3 Å². The zero-order valence-corrected chi connectivity index (χ0v) is 17.2. The molecule has 0 aliphatic carbocycles. The molecule has 0 saturated carbocycles. The molecule has 0 aliphatic heterocycles. The molecule has 4 rings (SSSR count). The third-order valence-corrected chi connectivity index (χ3v) is 5.94. The fraction of sp³-hybridized carbons (Fsp3) is 0.100. The van der Waals surface area contributed by atoms with E-state index in [4.69, 9.17) is 0 Å². The quantitative estimate of drug-likeness (QED) is 0.354. The number of non-ortho nitro benzene ring substituents is 2. The number of nitro groups is 2. The second kappa shape index (κ2) is 7.61. The largest absolute Gasteiger partial charge is 0.321 e. The monoisotopic (exact) mass is 437 g/mol. The smallest absolute Gasteiger partial charge is 0.270 e. The van der Waals surface area contributed by atoms with Crippen molar-refractivity contribution in [1.29, 1.82) is 0 Å². The van der Waals surface area contributed by atoms with Crippen LogP contribution in [0.5, 0.6) is 0 Å². The minimum atomic E-state index is -0.490. The lowest BCUT2D eigenvalue weighted by Crippen LogP contribution is -2.13. The average molecular weight is 437 g/mol. The summed E-state index contributed by atoms with van der Waals surface area (Å²) in [6, 6.07) is 10.4. The van der Waals surface area contributed by atoms with Gasteiger partial charge in [-0.2, -0.15) is 0 Å². The minimum absolute atomic E-state index is 0.0240. The number of nitrogens with one attached hydrogen (secondary N) is 1. The Labute approximate surface area is 179 Å². The highest BCUT2D eigenvalue weighted by atomic mass is 32.1. The van der Waals surface area contributed by atoms with E-state index in [0.717, 1.165) is 0 Å². The van der Waals surface area contributed by atoms with E-state index in [1.54, 1.807) is 36.6 Å². The lowest BCUT2D eigenvalue weighted by Gasteiger charge is -2.07. The zero-order chi connectivity index (χ0) is 22.3. The summed E-state index contributed by atoms with van der Waals surface area (Å²) in [4.78, 5) is 39.3. The van der Waals surface area contributed by atoms with E-state index in [1.807, 2.05) is 0 Å². The van der Waals surface area contributed by atoms with Gasteiger partial charge in [-0.25, -0.2) is 4.98 Å². The number of anilines is 1. The number of carbonyl (C=O) groups excluding carboxylic acids is 1. The molecular weight excluding hydrogens is 422 g/mol. The summed E-state index contributed by atoms with van der Waals surface area (Å²) in [5, 5.41) is 24.7. The number of imidazole rings is 1.